The van der Waals surface area contributed by atoms with E-state index in [1.165, 1.54) is 64.1 Å². The predicted octanol–water partition coefficient (Wildman–Crippen LogP) is 7.19. The molecule has 1 aliphatic carbocycles. The Hall–Kier alpha value is -3.57. The Morgan fingerprint density at radius 2 is 1.58 bits per heavy atom. The minimum atomic E-state index is 0.494. The monoisotopic (exact) mass is 505 g/mol. The number of anilines is 2. The lowest BCUT2D eigenvalue weighted by atomic mass is 9.86. The number of rotatable bonds is 8. The van der Waals surface area contributed by atoms with Gasteiger partial charge < -0.3 is 20.1 Å². The van der Waals surface area contributed by atoms with Gasteiger partial charge >= 0.3 is 0 Å². The molecule has 2 N–H and O–H groups in total. The number of benzene rings is 3. The molecule has 2 aromatic heterocycles. The van der Waals surface area contributed by atoms with Crippen LogP contribution in [-0.2, 0) is 13.1 Å². The molecule has 5 heteroatoms. The molecule has 1 saturated carbocycles. The molecule has 0 atom stereocenters. The van der Waals surface area contributed by atoms with Crippen molar-refractivity contribution in [1.82, 2.24) is 14.9 Å². The summed E-state index contributed by atoms with van der Waals surface area (Å²) in [6.45, 7) is 5.23. The van der Waals surface area contributed by atoms with Gasteiger partial charge in [0, 0.05) is 72.2 Å². The molecule has 5 nitrogen and oxygen atoms in total. The third-order valence-corrected chi connectivity index (χ3v) is 8.29. The lowest BCUT2D eigenvalue weighted by molar-refractivity contribution is 0.324. The van der Waals surface area contributed by atoms with Crippen LogP contribution >= 0.6 is 0 Å². The van der Waals surface area contributed by atoms with Gasteiger partial charge in [-0.25, -0.2) is 4.98 Å². The first kappa shape index (κ1) is 24.7. The maximum absolute atomic E-state index is 4.91. The molecule has 3 aromatic carbocycles. The number of nitrogens with one attached hydrogen (secondary N) is 2. The van der Waals surface area contributed by atoms with E-state index in [0.717, 1.165) is 36.9 Å². The van der Waals surface area contributed by atoms with Crippen LogP contribution in [0.1, 0.15) is 38.2 Å². The lowest BCUT2D eigenvalue weighted by Crippen LogP contribution is -2.31. The second kappa shape index (κ2) is 10.7. The van der Waals surface area contributed by atoms with Gasteiger partial charge in [-0.1, -0.05) is 42.5 Å². The van der Waals surface area contributed by atoms with Crippen LogP contribution in [0.4, 0.5) is 11.5 Å². The van der Waals surface area contributed by atoms with Gasteiger partial charge in [0.15, 0.2) is 0 Å². The summed E-state index contributed by atoms with van der Waals surface area (Å²) in [4.78, 5) is 7.09. The van der Waals surface area contributed by atoms with Crippen LogP contribution in [-0.4, -0.2) is 36.2 Å². The van der Waals surface area contributed by atoms with Gasteiger partial charge in [-0.2, -0.15) is 0 Å². The van der Waals surface area contributed by atoms with Gasteiger partial charge in [0.1, 0.15) is 5.82 Å². The summed E-state index contributed by atoms with van der Waals surface area (Å²) < 4.78 is 2.42. The summed E-state index contributed by atoms with van der Waals surface area (Å²) >= 11 is 0. The van der Waals surface area contributed by atoms with Gasteiger partial charge in [-0.15, -0.1) is 0 Å². The first-order chi connectivity index (χ1) is 18.6. The third kappa shape index (κ3) is 4.83. The highest BCUT2D eigenvalue weighted by molar-refractivity contribution is 6.08. The van der Waals surface area contributed by atoms with Gasteiger partial charge in [-0.05, 0) is 74.9 Å². The molecule has 5 aromatic rings. The minimum Gasteiger partial charge on any atom is -0.377 e. The second-order valence-electron chi connectivity index (χ2n) is 11.0. The molecule has 0 aliphatic heterocycles. The number of fused-ring (bicyclic) bond motifs is 4. The van der Waals surface area contributed by atoms with E-state index in [2.05, 4.69) is 114 Å². The molecule has 1 fully saturated rings. The van der Waals surface area contributed by atoms with Crippen molar-refractivity contribution >= 4 is 44.2 Å². The molecule has 0 spiro atoms. The highest BCUT2D eigenvalue weighted by Gasteiger charge is 2.22. The zero-order valence-electron chi connectivity index (χ0n) is 22.9. The number of hydrogen-bond donors (Lipinski definition) is 2. The average molecular weight is 506 g/mol. The van der Waals surface area contributed by atoms with Crippen molar-refractivity contribution in [3.05, 3.63) is 78.4 Å². The molecule has 1 aliphatic rings. The van der Waals surface area contributed by atoms with E-state index in [1.54, 1.807) is 0 Å². The van der Waals surface area contributed by atoms with E-state index < -0.39 is 0 Å². The molecule has 0 bridgehead atoms. The van der Waals surface area contributed by atoms with Crippen LogP contribution in [0.3, 0.4) is 0 Å². The highest BCUT2D eigenvalue weighted by atomic mass is 15.1. The van der Waals surface area contributed by atoms with E-state index in [0.29, 0.717) is 6.04 Å². The fourth-order valence-corrected chi connectivity index (χ4v) is 6.29. The molecule has 0 unspecified atom stereocenters. The topological polar surface area (TPSA) is 45.1 Å². The summed E-state index contributed by atoms with van der Waals surface area (Å²) in [7, 11) is 4.20. The average Bonchev–Trinajstić information content (AvgIpc) is 3.26. The Kier molecular flexibility index (Phi) is 6.94. The number of nitrogens with zero attached hydrogens (tertiary/aromatic N) is 3. The van der Waals surface area contributed by atoms with Crippen LogP contribution in [0.5, 0.6) is 0 Å². The molecule has 0 amide bonds. The SMILES string of the molecule is CCn1c2ccccc2c2cc(CNC[C@H]3CC[C@@H](Nc4cc(N(C)C)c5ccccc5n4)CC3)ccc21. The third-order valence-electron chi connectivity index (χ3n) is 8.29. The van der Waals surface area contributed by atoms with Crippen LogP contribution in [0.2, 0.25) is 0 Å². The standard InChI is InChI=1S/C33H39N5/c1-4-38-30-12-8-6-9-26(30)28-19-24(15-18-31(28)38)22-34-21-23-13-16-25(17-14-23)35-33-20-32(37(2)3)27-10-5-7-11-29(27)36-33/h5-12,15,18-20,23,25,34H,4,13-14,16-17,21-22H2,1-3H3,(H,35,36)/t23-,25+. The van der Waals surface area contributed by atoms with Crippen LogP contribution in [0.25, 0.3) is 32.7 Å². The first-order valence-electron chi connectivity index (χ1n) is 14.1. The molecule has 0 radical (unpaired) electrons. The van der Waals surface area contributed by atoms with Crippen LogP contribution < -0.4 is 15.5 Å². The van der Waals surface area contributed by atoms with E-state index >= 15 is 0 Å². The summed E-state index contributed by atoms with van der Waals surface area (Å²) in [5.41, 5.74) is 6.30. The van der Waals surface area contributed by atoms with E-state index in [9.17, 15) is 0 Å². The lowest BCUT2D eigenvalue weighted by Gasteiger charge is -2.30. The van der Waals surface area contributed by atoms with Crippen molar-refractivity contribution in [3.8, 4) is 0 Å². The Labute approximate surface area is 225 Å². The molecule has 0 saturated heterocycles. The van der Waals surface area contributed by atoms with Gasteiger partial charge in [0.25, 0.3) is 0 Å². The summed E-state index contributed by atoms with van der Waals surface area (Å²) in [6, 6.07) is 26.9. The van der Waals surface area contributed by atoms with Gasteiger partial charge in [0.2, 0.25) is 0 Å². The first-order valence-corrected chi connectivity index (χ1v) is 14.1. The molecule has 2 heterocycles. The maximum atomic E-state index is 4.91. The zero-order chi connectivity index (χ0) is 26.1. The molecular formula is C33H39N5. The number of aryl methyl sites for hydroxylation is 1. The zero-order valence-corrected chi connectivity index (χ0v) is 22.9. The number of pyridine rings is 1. The Balaban J connectivity index is 1.04. The predicted molar refractivity (Wildman–Crippen MR) is 162 cm³/mol. The van der Waals surface area contributed by atoms with Crippen molar-refractivity contribution < 1.29 is 0 Å². The van der Waals surface area contributed by atoms with Crippen LogP contribution in [0.15, 0.2) is 72.8 Å². The van der Waals surface area contributed by atoms with E-state index in [-0.39, 0.29) is 0 Å². The summed E-state index contributed by atoms with van der Waals surface area (Å²) in [5.74, 6) is 1.73. The van der Waals surface area contributed by atoms with Crippen molar-refractivity contribution in [3.63, 3.8) is 0 Å². The minimum absolute atomic E-state index is 0.494. The Morgan fingerprint density at radius 3 is 2.37 bits per heavy atom. The van der Waals surface area contributed by atoms with Gasteiger partial charge in [-0.3, -0.25) is 0 Å². The summed E-state index contributed by atoms with van der Waals surface area (Å²) in [5, 5.41) is 11.4. The molecule has 6 rings (SSSR count). The van der Waals surface area contributed by atoms with E-state index in [4.69, 9.17) is 4.98 Å². The fourth-order valence-electron chi connectivity index (χ4n) is 6.29. The van der Waals surface area contributed by atoms with Gasteiger partial charge in [0.05, 0.1) is 5.52 Å². The Morgan fingerprint density at radius 1 is 0.842 bits per heavy atom. The van der Waals surface area contributed by atoms with E-state index in [1.807, 2.05) is 0 Å². The number of para-hydroxylation sites is 2. The van der Waals surface area contributed by atoms with Crippen LogP contribution in [0, 0.1) is 5.92 Å². The maximum Gasteiger partial charge on any atom is 0.128 e. The smallest absolute Gasteiger partial charge is 0.128 e. The van der Waals surface area contributed by atoms with Crippen molar-refractivity contribution in [2.45, 2.75) is 51.7 Å². The number of aromatic nitrogens is 2. The molecule has 38 heavy (non-hydrogen) atoms. The van der Waals surface area contributed by atoms with Crippen molar-refractivity contribution in [2.24, 2.45) is 5.92 Å². The second-order valence-corrected chi connectivity index (χ2v) is 11.0. The highest BCUT2D eigenvalue weighted by Crippen LogP contribution is 2.31. The molecule has 196 valence electrons. The Bertz CT molecular complexity index is 1560. The quantitative estimate of drug-likeness (QED) is 0.234. The molecular weight excluding hydrogens is 466 g/mol. The number of hydrogen-bond acceptors (Lipinski definition) is 4. The largest absolute Gasteiger partial charge is 0.377 e. The van der Waals surface area contributed by atoms with Crippen molar-refractivity contribution in [1.29, 1.82) is 0 Å². The fraction of sp³-hybridized carbons (Fsp3) is 0.364. The van der Waals surface area contributed by atoms with Crippen molar-refractivity contribution in [2.75, 3.05) is 30.9 Å². The summed E-state index contributed by atoms with van der Waals surface area (Å²) in [6.07, 6.45) is 4.89. The normalized spacial score (nSPS) is 17.9.